The first-order chi connectivity index (χ1) is 15.9. The minimum atomic E-state index is -0.742. The third-order valence-electron chi connectivity index (χ3n) is 5.78. The monoisotopic (exact) mass is 456 g/mol. The molecule has 0 bridgehead atoms. The van der Waals surface area contributed by atoms with E-state index >= 15 is 0 Å². The van der Waals surface area contributed by atoms with E-state index in [1.165, 1.54) is 14.2 Å². The molecule has 0 aliphatic carbocycles. The Balaban J connectivity index is 1.66. The molecule has 1 heterocycles. The van der Waals surface area contributed by atoms with E-state index in [4.69, 9.17) is 14.2 Å². The molecule has 1 aliphatic heterocycles. The molecule has 9 heteroatoms. The van der Waals surface area contributed by atoms with Crippen molar-refractivity contribution in [3.05, 3.63) is 48.0 Å². The number of rotatable bonds is 8. The molecule has 9 nitrogen and oxygen atoms in total. The number of amides is 2. The molecule has 178 valence electrons. The van der Waals surface area contributed by atoms with Crippen LogP contribution in [0.15, 0.2) is 42.5 Å². The maximum Gasteiger partial charge on any atom is 0.313 e. The number of nitrogens with one attached hydrogen (secondary N) is 2. The summed E-state index contributed by atoms with van der Waals surface area (Å²) in [5.41, 5.74) is 1.50. The number of carbonyl (C=O) groups excluding carboxylic acids is 2. The second-order valence-electron chi connectivity index (χ2n) is 7.86. The summed E-state index contributed by atoms with van der Waals surface area (Å²) in [6.45, 7) is 3.96. The Morgan fingerprint density at radius 2 is 1.55 bits per heavy atom. The zero-order chi connectivity index (χ0) is 23.8. The molecule has 1 saturated heterocycles. The van der Waals surface area contributed by atoms with Crippen LogP contribution in [0.1, 0.15) is 11.6 Å². The maximum atomic E-state index is 12.6. The summed E-state index contributed by atoms with van der Waals surface area (Å²) >= 11 is 0. The number of carbonyl (C=O) groups is 2. The predicted octanol–water partition coefficient (Wildman–Crippen LogP) is 1.76. The number of benzene rings is 2. The lowest BCUT2D eigenvalue weighted by atomic mass is 10.0. The van der Waals surface area contributed by atoms with Crippen molar-refractivity contribution in [2.45, 2.75) is 6.04 Å². The van der Waals surface area contributed by atoms with E-state index in [1.807, 2.05) is 24.3 Å². The molecule has 2 N–H and O–H groups in total. The summed E-state index contributed by atoms with van der Waals surface area (Å²) in [7, 11) is 6.77. The Hall–Kier alpha value is -3.30. The van der Waals surface area contributed by atoms with Crippen LogP contribution in [0.5, 0.6) is 17.2 Å². The topological polar surface area (TPSA) is 92.4 Å². The van der Waals surface area contributed by atoms with Crippen molar-refractivity contribution in [3.8, 4) is 17.2 Å². The van der Waals surface area contributed by atoms with Crippen LogP contribution in [-0.4, -0.2) is 82.7 Å². The molecule has 3 rings (SSSR count). The van der Waals surface area contributed by atoms with Gasteiger partial charge in [-0.25, -0.2) is 0 Å². The predicted molar refractivity (Wildman–Crippen MR) is 126 cm³/mol. The molecule has 0 unspecified atom stereocenters. The van der Waals surface area contributed by atoms with Gasteiger partial charge in [-0.1, -0.05) is 12.1 Å². The van der Waals surface area contributed by atoms with Crippen LogP contribution < -0.4 is 24.8 Å². The van der Waals surface area contributed by atoms with Gasteiger partial charge in [0.15, 0.2) is 11.5 Å². The smallest absolute Gasteiger partial charge is 0.313 e. The van der Waals surface area contributed by atoms with Crippen LogP contribution in [0, 0.1) is 0 Å². The van der Waals surface area contributed by atoms with E-state index in [1.54, 1.807) is 25.3 Å². The highest BCUT2D eigenvalue weighted by molar-refractivity contribution is 6.39. The first-order valence-electron chi connectivity index (χ1n) is 10.8. The van der Waals surface area contributed by atoms with Crippen molar-refractivity contribution in [3.63, 3.8) is 0 Å². The lowest BCUT2D eigenvalue weighted by Crippen LogP contribution is -2.49. The fourth-order valence-corrected chi connectivity index (χ4v) is 3.79. The molecule has 0 spiro atoms. The number of ether oxygens (including phenoxy) is 3. The van der Waals surface area contributed by atoms with Gasteiger partial charge in [0.2, 0.25) is 0 Å². The number of anilines is 1. The van der Waals surface area contributed by atoms with Crippen LogP contribution in [0.4, 0.5) is 5.69 Å². The second-order valence-corrected chi connectivity index (χ2v) is 7.86. The second kappa shape index (κ2) is 11.5. The standard InChI is InChI=1S/C24H32N4O5/c1-27-11-13-28(14-12-27)20(17-5-8-19(31-2)9-6-17)16-25-23(29)24(30)26-18-7-10-21(32-3)22(15-18)33-4/h5-10,15,20H,11-14,16H2,1-4H3,(H,25,29)(H,26,30)/t20-/m0/s1. The average Bonchev–Trinajstić information content (AvgIpc) is 2.85. The van der Waals surface area contributed by atoms with E-state index in [-0.39, 0.29) is 6.04 Å². The van der Waals surface area contributed by atoms with Crippen LogP contribution in [0.2, 0.25) is 0 Å². The van der Waals surface area contributed by atoms with Gasteiger partial charge in [-0.05, 0) is 36.9 Å². The Morgan fingerprint density at radius 3 is 2.15 bits per heavy atom. The third kappa shape index (κ3) is 6.36. The summed E-state index contributed by atoms with van der Waals surface area (Å²) in [4.78, 5) is 29.7. The molecule has 0 saturated carbocycles. The van der Waals surface area contributed by atoms with Gasteiger partial charge in [-0.3, -0.25) is 14.5 Å². The minimum absolute atomic E-state index is 0.0533. The van der Waals surface area contributed by atoms with E-state index < -0.39 is 11.8 Å². The van der Waals surface area contributed by atoms with Crippen LogP contribution in [-0.2, 0) is 9.59 Å². The number of hydrogen-bond donors (Lipinski definition) is 2. The fourth-order valence-electron chi connectivity index (χ4n) is 3.79. The summed E-state index contributed by atoms with van der Waals surface area (Å²) in [6.07, 6.45) is 0. The molecule has 33 heavy (non-hydrogen) atoms. The number of likely N-dealkylation sites (N-methyl/N-ethyl adjacent to an activating group) is 1. The average molecular weight is 457 g/mol. The normalized spacial score (nSPS) is 15.4. The fraction of sp³-hybridized carbons (Fsp3) is 0.417. The molecular weight excluding hydrogens is 424 g/mol. The largest absolute Gasteiger partial charge is 0.497 e. The zero-order valence-electron chi connectivity index (χ0n) is 19.6. The molecule has 0 aromatic heterocycles. The third-order valence-corrected chi connectivity index (χ3v) is 5.78. The van der Waals surface area contributed by atoms with Crippen LogP contribution >= 0.6 is 0 Å². The summed E-state index contributed by atoms with van der Waals surface area (Å²) in [5.74, 6) is 0.334. The number of methoxy groups -OCH3 is 3. The quantitative estimate of drug-likeness (QED) is 0.585. The molecule has 2 amide bonds. The number of hydrogen-bond acceptors (Lipinski definition) is 7. The first-order valence-corrected chi connectivity index (χ1v) is 10.8. The van der Waals surface area contributed by atoms with Crippen molar-refractivity contribution in [2.24, 2.45) is 0 Å². The van der Waals surface area contributed by atoms with Crippen molar-refractivity contribution in [1.29, 1.82) is 0 Å². The highest BCUT2D eigenvalue weighted by atomic mass is 16.5. The molecule has 0 radical (unpaired) electrons. The van der Waals surface area contributed by atoms with Gasteiger partial charge in [0, 0.05) is 44.5 Å². The Morgan fingerprint density at radius 1 is 0.879 bits per heavy atom. The van der Waals surface area contributed by atoms with Gasteiger partial charge in [0.25, 0.3) is 0 Å². The number of nitrogens with zero attached hydrogens (tertiary/aromatic N) is 2. The molecule has 1 aliphatic rings. The molecular formula is C24H32N4O5. The lowest BCUT2D eigenvalue weighted by Gasteiger charge is -2.38. The van der Waals surface area contributed by atoms with Crippen molar-refractivity contribution in [1.82, 2.24) is 15.1 Å². The molecule has 1 fully saturated rings. The Bertz CT molecular complexity index is 942. The number of piperazine rings is 1. The Kier molecular flexibility index (Phi) is 8.51. The van der Waals surface area contributed by atoms with E-state index in [0.717, 1.165) is 37.5 Å². The van der Waals surface area contributed by atoms with E-state index in [9.17, 15) is 9.59 Å². The summed E-state index contributed by atoms with van der Waals surface area (Å²) in [6, 6.07) is 12.7. The van der Waals surface area contributed by atoms with Gasteiger partial charge in [0.05, 0.1) is 27.4 Å². The lowest BCUT2D eigenvalue weighted by molar-refractivity contribution is -0.136. The van der Waals surface area contributed by atoms with Gasteiger partial charge in [0.1, 0.15) is 5.75 Å². The minimum Gasteiger partial charge on any atom is -0.497 e. The zero-order valence-corrected chi connectivity index (χ0v) is 19.6. The van der Waals surface area contributed by atoms with E-state index in [2.05, 4.69) is 27.5 Å². The van der Waals surface area contributed by atoms with Gasteiger partial charge < -0.3 is 29.7 Å². The summed E-state index contributed by atoms with van der Waals surface area (Å²) in [5, 5.41) is 5.40. The highest BCUT2D eigenvalue weighted by Gasteiger charge is 2.25. The van der Waals surface area contributed by atoms with Crippen molar-refractivity contribution in [2.75, 3.05) is 66.4 Å². The van der Waals surface area contributed by atoms with E-state index in [0.29, 0.717) is 23.7 Å². The SMILES string of the molecule is COc1ccc([C@H](CNC(=O)C(=O)Nc2ccc(OC)c(OC)c2)N2CCN(C)CC2)cc1. The Labute approximate surface area is 194 Å². The first kappa shape index (κ1) is 24.3. The highest BCUT2D eigenvalue weighted by Crippen LogP contribution is 2.29. The maximum absolute atomic E-state index is 12.6. The molecule has 1 atom stereocenters. The molecule has 2 aromatic rings. The van der Waals surface area contributed by atoms with Gasteiger partial charge in [-0.15, -0.1) is 0 Å². The summed E-state index contributed by atoms with van der Waals surface area (Å²) < 4.78 is 15.7. The van der Waals surface area contributed by atoms with Crippen LogP contribution in [0.25, 0.3) is 0 Å². The van der Waals surface area contributed by atoms with Crippen molar-refractivity contribution < 1.29 is 23.8 Å². The van der Waals surface area contributed by atoms with Gasteiger partial charge >= 0.3 is 11.8 Å². The van der Waals surface area contributed by atoms with Crippen molar-refractivity contribution >= 4 is 17.5 Å². The van der Waals surface area contributed by atoms with Gasteiger partial charge in [-0.2, -0.15) is 0 Å². The van der Waals surface area contributed by atoms with Crippen LogP contribution in [0.3, 0.4) is 0 Å². The molecule has 2 aromatic carbocycles.